The van der Waals surface area contributed by atoms with E-state index in [-0.39, 0.29) is 50.5 Å². The number of benzene rings is 2. The highest BCUT2D eigenvalue weighted by atomic mass is 19.4. The second kappa shape index (κ2) is 12.6. The Balaban J connectivity index is 1.60. The molecule has 4 amide bonds. The Labute approximate surface area is 238 Å². The van der Waals surface area contributed by atoms with Gasteiger partial charge in [0.1, 0.15) is 12.2 Å². The Hall–Kier alpha value is -4.04. The van der Waals surface area contributed by atoms with Crippen LogP contribution in [0.2, 0.25) is 0 Å². The Morgan fingerprint density at radius 2 is 1.78 bits per heavy atom. The van der Waals surface area contributed by atoms with Gasteiger partial charge >= 0.3 is 12.2 Å². The van der Waals surface area contributed by atoms with Gasteiger partial charge in [0.05, 0.1) is 25.2 Å². The van der Waals surface area contributed by atoms with Gasteiger partial charge < -0.3 is 15.1 Å². The molecule has 4 rings (SSSR count). The lowest BCUT2D eigenvalue weighted by Crippen LogP contribution is -2.77. The van der Waals surface area contributed by atoms with Gasteiger partial charge in [0.15, 0.2) is 0 Å². The van der Waals surface area contributed by atoms with Crippen LogP contribution in [0.1, 0.15) is 37.0 Å². The molecule has 8 nitrogen and oxygen atoms in total. The summed E-state index contributed by atoms with van der Waals surface area (Å²) in [6.45, 7) is 4.19. The highest BCUT2D eigenvalue weighted by molar-refractivity contribution is 5.91. The van der Waals surface area contributed by atoms with E-state index < -0.39 is 30.0 Å². The van der Waals surface area contributed by atoms with Crippen LogP contribution >= 0.6 is 0 Å². The molecule has 0 aromatic heterocycles. The van der Waals surface area contributed by atoms with Crippen molar-refractivity contribution in [1.82, 2.24) is 25.1 Å². The van der Waals surface area contributed by atoms with Crippen LogP contribution in [0.25, 0.3) is 0 Å². The first-order chi connectivity index (χ1) is 19.5. The second-order valence-corrected chi connectivity index (χ2v) is 10.4. The third kappa shape index (κ3) is 6.65. The van der Waals surface area contributed by atoms with Crippen LogP contribution in [-0.4, -0.2) is 76.0 Å². The lowest BCUT2D eigenvalue weighted by atomic mass is 9.92. The first-order valence-corrected chi connectivity index (χ1v) is 13.6. The topological polar surface area (TPSA) is 76.2 Å². The number of piperazine rings is 1. The van der Waals surface area contributed by atoms with E-state index >= 15 is 0 Å². The number of nitrogens with zero attached hydrogens (tertiary/aromatic N) is 4. The molecule has 0 saturated carbocycles. The molecule has 2 fully saturated rings. The first-order valence-electron chi connectivity index (χ1n) is 13.6. The number of urea groups is 1. The molecule has 2 aromatic carbocycles. The fraction of sp³-hybridized carbons (Fsp3) is 0.433. The standard InChI is InChI=1S/C30H34F3N5O3/c1-4-16-36-20-26(39)37-25(38(36)29(41)34-18-23-9-7-6-8-10-23)19-35(28(40)27(37)21(3)5-2)17-15-22-11-13-24(14-12-22)30(31,32)33/h1,6-14,21,25,27H,5,15-20H2,2-3H3,(H,34,41)/t21?,25-,27-/m0/s1. The Kier molecular flexibility index (Phi) is 9.23. The van der Waals surface area contributed by atoms with Gasteiger partial charge in [-0.05, 0) is 35.6 Å². The zero-order valence-electron chi connectivity index (χ0n) is 23.1. The number of hydrogen-bond acceptors (Lipinski definition) is 4. The third-order valence-corrected chi connectivity index (χ3v) is 7.67. The van der Waals surface area contributed by atoms with Crippen molar-refractivity contribution in [3.63, 3.8) is 0 Å². The van der Waals surface area contributed by atoms with E-state index in [1.165, 1.54) is 27.1 Å². The van der Waals surface area contributed by atoms with Crippen molar-refractivity contribution in [2.75, 3.05) is 26.2 Å². The summed E-state index contributed by atoms with van der Waals surface area (Å²) in [5, 5.41) is 5.86. The van der Waals surface area contributed by atoms with Gasteiger partial charge in [-0.15, -0.1) is 6.42 Å². The fourth-order valence-electron chi connectivity index (χ4n) is 5.31. The molecule has 41 heavy (non-hydrogen) atoms. The number of hydrogen-bond donors (Lipinski definition) is 1. The van der Waals surface area contributed by atoms with Crippen LogP contribution in [-0.2, 0) is 28.7 Å². The van der Waals surface area contributed by atoms with E-state index in [1.54, 1.807) is 4.90 Å². The van der Waals surface area contributed by atoms with Crippen molar-refractivity contribution in [1.29, 1.82) is 0 Å². The predicted octanol–water partition coefficient (Wildman–Crippen LogP) is 3.74. The highest BCUT2D eigenvalue weighted by Gasteiger charge is 2.52. The Morgan fingerprint density at radius 3 is 2.39 bits per heavy atom. The van der Waals surface area contributed by atoms with Gasteiger partial charge in [0, 0.05) is 13.1 Å². The quantitative estimate of drug-likeness (QED) is 0.492. The fourth-order valence-corrected chi connectivity index (χ4v) is 5.31. The summed E-state index contributed by atoms with van der Waals surface area (Å²) in [5.41, 5.74) is 0.789. The molecule has 3 atom stereocenters. The number of carbonyl (C=O) groups excluding carboxylic acids is 3. The van der Waals surface area contributed by atoms with Crippen molar-refractivity contribution >= 4 is 17.8 Å². The molecular formula is C30H34F3N5O3. The van der Waals surface area contributed by atoms with Crippen LogP contribution in [0.15, 0.2) is 54.6 Å². The number of carbonyl (C=O) groups is 3. The number of alkyl halides is 3. The monoisotopic (exact) mass is 569 g/mol. The van der Waals surface area contributed by atoms with Crippen molar-refractivity contribution < 1.29 is 27.6 Å². The third-order valence-electron chi connectivity index (χ3n) is 7.67. The first kappa shape index (κ1) is 29.9. The summed E-state index contributed by atoms with van der Waals surface area (Å²) < 4.78 is 39.0. The molecule has 1 N–H and O–H groups in total. The molecule has 218 valence electrons. The normalized spacial score (nSPS) is 20.4. The van der Waals surface area contributed by atoms with Crippen molar-refractivity contribution in [3.8, 4) is 12.3 Å². The van der Waals surface area contributed by atoms with Crippen LogP contribution < -0.4 is 5.32 Å². The number of nitrogens with one attached hydrogen (secondary N) is 1. The average molecular weight is 570 g/mol. The maximum atomic E-state index is 13.7. The lowest BCUT2D eigenvalue weighted by Gasteiger charge is -2.55. The molecule has 2 heterocycles. The maximum Gasteiger partial charge on any atom is 0.416 e. The SMILES string of the molecule is C#CCN1CC(=O)N2[C@@H](C(C)CC)C(=O)N(CCc3ccc(C(F)(F)F)cc3)C[C@@H]2N1C(=O)NCc1ccccc1. The number of rotatable bonds is 8. The van der Waals surface area contributed by atoms with Crippen LogP contribution in [0.4, 0.5) is 18.0 Å². The summed E-state index contributed by atoms with van der Waals surface area (Å²) in [5.74, 6) is 1.78. The van der Waals surface area contributed by atoms with Gasteiger partial charge in [0.25, 0.3) is 0 Å². The molecular weight excluding hydrogens is 535 g/mol. The van der Waals surface area contributed by atoms with Crippen molar-refractivity contribution in [3.05, 3.63) is 71.3 Å². The Bertz CT molecular complexity index is 1280. The summed E-state index contributed by atoms with van der Waals surface area (Å²) in [7, 11) is 0. The van der Waals surface area contributed by atoms with Crippen molar-refractivity contribution in [2.45, 2.75) is 51.6 Å². The molecule has 0 spiro atoms. The van der Waals surface area contributed by atoms with E-state index in [0.29, 0.717) is 18.4 Å². The van der Waals surface area contributed by atoms with E-state index in [2.05, 4.69) is 11.2 Å². The minimum absolute atomic E-state index is 0.0162. The summed E-state index contributed by atoms with van der Waals surface area (Å²) >= 11 is 0. The maximum absolute atomic E-state index is 13.7. The van der Waals surface area contributed by atoms with E-state index in [4.69, 9.17) is 6.42 Å². The molecule has 0 radical (unpaired) electrons. The minimum atomic E-state index is -4.43. The number of hydrazine groups is 1. The lowest BCUT2D eigenvalue weighted by molar-refractivity contribution is -0.192. The Morgan fingerprint density at radius 1 is 1.10 bits per heavy atom. The van der Waals surface area contributed by atoms with Gasteiger partial charge in [-0.25, -0.2) is 9.80 Å². The van der Waals surface area contributed by atoms with Crippen LogP contribution in [0.3, 0.4) is 0 Å². The zero-order chi connectivity index (χ0) is 29.7. The minimum Gasteiger partial charge on any atom is -0.337 e. The number of terminal acetylenes is 1. The number of amides is 4. The number of halogens is 3. The molecule has 2 aliphatic heterocycles. The van der Waals surface area contributed by atoms with Gasteiger partial charge in [0.2, 0.25) is 11.8 Å². The van der Waals surface area contributed by atoms with E-state index in [1.807, 2.05) is 44.2 Å². The van der Waals surface area contributed by atoms with Gasteiger partial charge in [-0.3, -0.25) is 9.59 Å². The van der Waals surface area contributed by atoms with E-state index in [9.17, 15) is 27.6 Å². The highest BCUT2D eigenvalue weighted by Crippen LogP contribution is 2.32. The molecule has 11 heteroatoms. The smallest absolute Gasteiger partial charge is 0.337 e. The van der Waals surface area contributed by atoms with E-state index in [0.717, 1.165) is 17.7 Å². The average Bonchev–Trinajstić information content (AvgIpc) is 2.95. The molecule has 0 bridgehead atoms. The molecule has 0 aliphatic carbocycles. The molecule has 1 unspecified atom stereocenters. The summed E-state index contributed by atoms with van der Waals surface area (Å²) in [4.78, 5) is 43.9. The summed E-state index contributed by atoms with van der Waals surface area (Å²) in [6, 6.07) is 13.0. The molecule has 2 aromatic rings. The summed E-state index contributed by atoms with van der Waals surface area (Å²) in [6.07, 6.45) is 1.28. The van der Waals surface area contributed by atoms with Gasteiger partial charge in [-0.1, -0.05) is 68.7 Å². The predicted molar refractivity (Wildman–Crippen MR) is 147 cm³/mol. The van der Waals surface area contributed by atoms with Crippen LogP contribution in [0.5, 0.6) is 0 Å². The molecule has 2 saturated heterocycles. The largest absolute Gasteiger partial charge is 0.416 e. The molecule has 2 aliphatic rings. The van der Waals surface area contributed by atoms with Crippen LogP contribution in [0, 0.1) is 18.3 Å². The number of fused-ring (bicyclic) bond motifs is 1. The van der Waals surface area contributed by atoms with Crippen molar-refractivity contribution in [2.24, 2.45) is 5.92 Å². The second-order valence-electron chi connectivity index (χ2n) is 10.4. The zero-order valence-corrected chi connectivity index (χ0v) is 23.1. The van der Waals surface area contributed by atoms with Gasteiger partial charge in [-0.2, -0.15) is 18.2 Å².